The predicted octanol–water partition coefficient (Wildman–Crippen LogP) is -10.7. The van der Waals surface area contributed by atoms with E-state index in [0.717, 1.165) is 6.92 Å². The Morgan fingerprint density at radius 2 is 0.603 bits per heavy atom. The molecule has 0 saturated carbocycles. The molecule has 22 fully saturated rings. The monoisotopic (exact) mass is 1070 g/mol. The summed E-state index contributed by atoms with van der Waals surface area (Å²) < 4.78 is 81.5. The van der Waals surface area contributed by atoms with E-state index >= 15 is 0 Å². The summed E-state index contributed by atoms with van der Waals surface area (Å²) in [5.41, 5.74) is 0. The molecule has 0 aromatic heterocycles. The third-order valence-corrected chi connectivity index (χ3v) is 13.7. The summed E-state index contributed by atoms with van der Waals surface area (Å²) in [6, 6.07) is 0. The molecule has 0 radical (unpaired) electrons. The van der Waals surface area contributed by atoms with Crippen LogP contribution in [0.2, 0.25) is 0 Å². The number of ether oxygens (including phenoxy) is 14. The molecule has 0 amide bonds. The van der Waals surface area contributed by atoms with Crippen LogP contribution in [0.15, 0.2) is 0 Å². The van der Waals surface area contributed by atoms with E-state index in [1.165, 1.54) is 0 Å². The Balaban J connectivity index is 1.24. The number of aliphatic hydroxyl groups is 16. The number of hydrogen-bond acceptors (Lipinski definition) is 31. The first kappa shape index (κ1) is 59.0. The standard InChI is InChI=1S/C42H70O31/c1-3-4-5-60-35-27(58)41-66-17(10-47)33(35)72-42-28(59)36(61-12(2)49)34(18(11-48)67-42)73-40-26(57)22(53)31(15(8-45)65-40)70-38-24(55)20(51)29(13(6-43)63-38)68-37-23(54)19(50)30(14(7-44)62-37)69-39-25(56)21(52)32(71-41)16(9-46)64-39/h13-48,50-59H,3-11H2,1-2H3/t13-,14-,15-,16-,17-,18-,19-,20-,21-,22-,23-,24-,25-,26-,27-,28-,29-,30-,31-,32-,33+,34+,35-,36-,37-,38-,39-,40-,41-,42-/m1/s1. The van der Waals surface area contributed by atoms with E-state index < -0.39 is 230 Å². The maximum atomic E-state index is 12.6. The Kier molecular flexibility index (Phi) is 20.9. The Labute approximate surface area is 415 Å². The molecule has 0 unspecified atom stereocenters. The lowest BCUT2D eigenvalue weighted by molar-refractivity contribution is -0.404. The SMILES string of the molecule is CCCCO[C@@H]1[C@@H](O)[C@H]2O[C@H]3[C@H](O)[C@@H](O)[C@@H](O[C@H]4[C@H](O)[C@@H](O)[C@@H](O[C@H]5[C@H](O)[C@@H](O)[C@@H](O[C@H]6[C@H](O)[C@@H](O)[C@@H](O[C@@H]7[C@H](OC(C)=O)[C@@H](O)[C@@H](O[C@H]1[C@@H](CO)O2)O[C@@H]7CO)O[C@@H]6CO)O[C@@H]5CO)O[C@@H]4CO)O[C@@H]3CO. The van der Waals surface area contributed by atoms with Crippen LogP contribution in [-0.4, -0.2) is 318 Å². The molecule has 22 aliphatic heterocycles. The fourth-order valence-corrected chi connectivity index (χ4v) is 9.78. The molecule has 12 bridgehead atoms. The highest BCUT2D eigenvalue weighted by molar-refractivity contribution is 5.66. The lowest BCUT2D eigenvalue weighted by atomic mass is 9.94. The number of carbonyl (C=O) groups excluding carboxylic acids is 1. The molecule has 31 heteroatoms. The van der Waals surface area contributed by atoms with E-state index in [1.807, 2.05) is 6.92 Å². The van der Waals surface area contributed by atoms with Gasteiger partial charge in [0.15, 0.2) is 43.8 Å². The van der Waals surface area contributed by atoms with Crippen molar-refractivity contribution >= 4 is 5.97 Å². The smallest absolute Gasteiger partial charge is 0.303 e. The molecule has 22 heterocycles. The summed E-state index contributed by atoms with van der Waals surface area (Å²) >= 11 is 0. The summed E-state index contributed by atoms with van der Waals surface area (Å²) in [7, 11) is 0. The van der Waals surface area contributed by atoms with Gasteiger partial charge in [-0.1, -0.05) is 13.3 Å². The minimum atomic E-state index is -2.17. The minimum Gasteiger partial charge on any atom is -0.457 e. The lowest BCUT2D eigenvalue weighted by Gasteiger charge is -2.51. The number of hydrogen-bond donors (Lipinski definition) is 16. The number of aliphatic hydroxyl groups excluding tert-OH is 16. The summed E-state index contributed by atoms with van der Waals surface area (Å²) in [4.78, 5) is 12.6. The molecule has 22 aliphatic rings. The van der Waals surface area contributed by atoms with E-state index in [9.17, 15) is 86.5 Å². The molecule has 22 rings (SSSR count). The van der Waals surface area contributed by atoms with E-state index in [1.54, 1.807) is 0 Å². The number of esters is 1. The lowest BCUT2D eigenvalue weighted by Crippen LogP contribution is -2.69. The van der Waals surface area contributed by atoms with Gasteiger partial charge in [-0.3, -0.25) is 4.79 Å². The van der Waals surface area contributed by atoms with Gasteiger partial charge in [0.25, 0.3) is 0 Å². The normalized spacial score (nSPS) is 51.1. The molecule has 73 heavy (non-hydrogen) atoms. The maximum absolute atomic E-state index is 12.6. The van der Waals surface area contributed by atoms with Crippen molar-refractivity contribution in [3.05, 3.63) is 0 Å². The fraction of sp³-hybridized carbons (Fsp3) is 0.976. The largest absolute Gasteiger partial charge is 0.457 e. The van der Waals surface area contributed by atoms with Crippen molar-refractivity contribution in [3.63, 3.8) is 0 Å². The van der Waals surface area contributed by atoms with Crippen molar-refractivity contribution in [1.82, 2.24) is 0 Å². The molecule has 424 valence electrons. The summed E-state index contributed by atoms with van der Waals surface area (Å²) in [6.45, 7) is -3.18. The van der Waals surface area contributed by atoms with Gasteiger partial charge in [0, 0.05) is 13.5 Å². The Morgan fingerprint density at radius 1 is 0.356 bits per heavy atom. The van der Waals surface area contributed by atoms with E-state index in [-0.39, 0.29) is 6.61 Å². The van der Waals surface area contributed by atoms with Crippen LogP contribution in [0.25, 0.3) is 0 Å². The third-order valence-electron chi connectivity index (χ3n) is 13.7. The fourth-order valence-electron chi connectivity index (χ4n) is 9.78. The van der Waals surface area contributed by atoms with Crippen LogP contribution in [0.3, 0.4) is 0 Å². The van der Waals surface area contributed by atoms with Gasteiger partial charge in [0.1, 0.15) is 140 Å². The second-order valence-electron chi connectivity index (χ2n) is 18.6. The molecule has 0 aromatic rings. The molecule has 0 aliphatic carbocycles. The average molecular weight is 1070 g/mol. The number of rotatable bonds is 11. The van der Waals surface area contributed by atoms with Gasteiger partial charge >= 0.3 is 5.97 Å². The first-order valence-electron chi connectivity index (χ1n) is 24.0. The summed E-state index contributed by atoms with van der Waals surface area (Å²) in [6.07, 6.45) is -56.0. The van der Waals surface area contributed by atoms with Crippen LogP contribution in [0, 0.1) is 0 Å². The van der Waals surface area contributed by atoms with Crippen molar-refractivity contribution < 1.29 is 153 Å². The minimum absolute atomic E-state index is 0.0577. The maximum Gasteiger partial charge on any atom is 0.303 e. The quantitative estimate of drug-likeness (QED) is 0.0675. The highest BCUT2D eigenvalue weighted by atomic mass is 16.8. The Morgan fingerprint density at radius 3 is 0.877 bits per heavy atom. The Hall–Kier alpha value is -1.69. The third kappa shape index (κ3) is 12.3. The molecular weight excluding hydrogens is 1000 g/mol. The molecular formula is C42H70O31. The molecule has 16 N–H and O–H groups in total. The average Bonchev–Trinajstić information content (AvgIpc) is 3.37. The van der Waals surface area contributed by atoms with Crippen LogP contribution < -0.4 is 0 Å². The van der Waals surface area contributed by atoms with Crippen LogP contribution >= 0.6 is 0 Å². The van der Waals surface area contributed by atoms with Crippen molar-refractivity contribution in [1.29, 1.82) is 0 Å². The molecule has 0 aromatic carbocycles. The van der Waals surface area contributed by atoms with Crippen molar-refractivity contribution in [2.75, 3.05) is 46.2 Å². The van der Waals surface area contributed by atoms with Crippen LogP contribution in [0.1, 0.15) is 26.7 Å². The molecule has 31 nitrogen and oxygen atoms in total. The van der Waals surface area contributed by atoms with E-state index in [4.69, 9.17) is 66.3 Å². The second-order valence-corrected chi connectivity index (χ2v) is 18.6. The van der Waals surface area contributed by atoms with Gasteiger partial charge in [-0.05, 0) is 6.42 Å². The van der Waals surface area contributed by atoms with Crippen molar-refractivity contribution in [2.45, 2.75) is 211 Å². The van der Waals surface area contributed by atoms with Gasteiger partial charge in [-0.2, -0.15) is 0 Å². The van der Waals surface area contributed by atoms with Crippen LogP contribution in [-0.2, 0) is 71.1 Å². The number of carbonyl (C=O) groups is 1. The zero-order chi connectivity index (χ0) is 53.2. The van der Waals surface area contributed by atoms with Crippen molar-refractivity contribution in [2.24, 2.45) is 0 Å². The molecule has 0 spiro atoms. The zero-order valence-electron chi connectivity index (χ0n) is 39.5. The topological polar surface area (TPSA) is 470 Å². The van der Waals surface area contributed by atoms with Gasteiger partial charge in [0.05, 0.1) is 39.6 Å². The van der Waals surface area contributed by atoms with Gasteiger partial charge < -0.3 is 148 Å². The summed E-state index contributed by atoms with van der Waals surface area (Å²) in [5.74, 6) is -1.02. The van der Waals surface area contributed by atoms with Crippen molar-refractivity contribution in [3.8, 4) is 0 Å². The van der Waals surface area contributed by atoms with Gasteiger partial charge in [0.2, 0.25) is 0 Å². The van der Waals surface area contributed by atoms with E-state index in [0.29, 0.717) is 12.8 Å². The highest BCUT2D eigenvalue weighted by Crippen LogP contribution is 2.39. The van der Waals surface area contributed by atoms with Gasteiger partial charge in [-0.15, -0.1) is 0 Å². The first-order valence-corrected chi connectivity index (χ1v) is 24.0. The van der Waals surface area contributed by atoms with Crippen LogP contribution in [0.4, 0.5) is 0 Å². The van der Waals surface area contributed by atoms with Crippen LogP contribution in [0.5, 0.6) is 0 Å². The second kappa shape index (κ2) is 25.8. The summed E-state index contributed by atoms with van der Waals surface area (Å²) in [5, 5.41) is 177. The zero-order valence-corrected chi connectivity index (χ0v) is 39.5. The predicted molar refractivity (Wildman–Crippen MR) is 224 cm³/mol. The van der Waals surface area contributed by atoms with Gasteiger partial charge in [-0.25, -0.2) is 0 Å². The highest BCUT2D eigenvalue weighted by Gasteiger charge is 2.59. The van der Waals surface area contributed by atoms with E-state index in [2.05, 4.69) is 0 Å². The molecule has 22 saturated heterocycles. The Bertz CT molecular complexity index is 1700. The number of unbranched alkanes of at least 4 members (excludes halogenated alkanes) is 1. The molecule has 30 atom stereocenters. The first-order chi connectivity index (χ1) is 34.9.